The third kappa shape index (κ3) is 5.97. The maximum absolute atomic E-state index is 2.48. The van der Waals surface area contributed by atoms with Gasteiger partial charge < -0.3 is 0 Å². The number of rotatable bonds is 4. The molecule has 0 heterocycles. The van der Waals surface area contributed by atoms with Crippen LogP contribution in [0.4, 0.5) is 0 Å². The first kappa shape index (κ1) is 16.9. The van der Waals surface area contributed by atoms with Crippen molar-refractivity contribution in [1.82, 2.24) is 0 Å². The summed E-state index contributed by atoms with van der Waals surface area (Å²) in [6.07, 6.45) is 2.93. The van der Waals surface area contributed by atoms with E-state index in [4.69, 9.17) is 0 Å². The normalized spacial score (nSPS) is 17.6. The summed E-state index contributed by atoms with van der Waals surface area (Å²) >= 11 is 0. The molecule has 0 spiro atoms. The fourth-order valence-electron chi connectivity index (χ4n) is 1.96. The van der Waals surface area contributed by atoms with E-state index in [2.05, 4.69) is 62.1 Å². The van der Waals surface area contributed by atoms with Gasteiger partial charge in [-0.25, -0.2) is 0 Å². The Balaban J connectivity index is 4.36. The number of hydrogen-bond acceptors (Lipinski definition) is 0. The van der Waals surface area contributed by atoms with Crippen LogP contribution in [0.1, 0.15) is 55.4 Å². The fourth-order valence-corrected chi connectivity index (χ4v) is 7.43. The van der Waals surface area contributed by atoms with Gasteiger partial charge in [-0.3, -0.25) is 0 Å². The minimum Gasteiger partial charge on any atom is -0.104 e. The standard InChI is InChI=1S/C14H32P2/c1-12(2)16(14(6,7)8)11-10-15(9)13(3,4)5/h12H,10-11H2,1-9H3. The molecule has 0 aliphatic heterocycles. The predicted octanol–water partition coefficient (Wildman–Crippen LogP) is 5.59. The van der Waals surface area contributed by atoms with Gasteiger partial charge in [-0.2, -0.15) is 0 Å². The lowest BCUT2D eigenvalue weighted by Crippen LogP contribution is -2.21. The molecule has 0 amide bonds. The second-order valence-corrected chi connectivity index (χ2v) is 14.0. The molecule has 0 fully saturated rings. The predicted molar refractivity (Wildman–Crippen MR) is 84.1 cm³/mol. The Morgan fingerprint density at radius 1 is 0.812 bits per heavy atom. The van der Waals surface area contributed by atoms with Crippen molar-refractivity contribution < 1.29 is 0 Å². The van der Waals surface area contributed by atoms with Crippen molar-refractivity contribution in [3.8, 4) is 0 Å². The highest BCUT2D eigenvalue weighted by atomic mass is 31.1. The molecule has 0 radical (unpaired) electrons. The minimum absolute atomic E-state index is 0.176. The summed E-state index contributed by atoms with van der Waals surface area (Å²) < 4.78 is 0. The lowest BCUT2D eigenvalue weighted by Gasteiger charge is -2.37. The van der Waals surface area contributed by atoms with Gasteiger partial charge in [-0.05, 0) is 35.0 Å². The first-order valence-corrected chi connectivity index (χ1v) is 10.0. The van der Waals surface area contributed by atoms with Crippen molar-refractivity contribution in [1.29, 1.82) is 0 Å². The second-order valence-electron chi connectivity index (χ2n) is 7.05. The van der Waals surface area contributed by atoms with E-state index in [9.17, 15) is 0 Å². The monoisotopic (exact) mass is 262 g/mol. The van der Waals surface area contributed by atoms with Gasteiger partial charge in [0.1, 0.15) is 0 Å². The summed E-state index contributed by atoms with van der Waals surface area (Å²) in [5, 5.41) is 1.06. The van der Waals surface area contributed by atoms with Crippen molar-refractivity contribution in [2.24, 2.45) is 0 Å². The van der Waals surface area contributed by atoms with E-state index in [0.29, 0.717) is 10.3 Å². The average molecular weight is 262 g/mol. The van der Waals surface area contributed by atoms with Crippen LogP contribution >= 0.6 is 15.8 Å². The molecule has 0 rings (SSSR count). The van der Waals surface area contributed by atoms with Crippen molar-refractivity contribution in [2.45, 2.75) is 71.4 Å². The molecule has 0 bridgehead atoms. The van der Waals surface area contributed by atoms with Gasteiger partial charge in [0.15, 0.2) is 0 Å². The summed E-state index contributed by atoms with van der Waals surface area (Å²) in [5.74, 6) is 0. The molecule has 0 aromatic carbocycles. The van der Waals surface area contributed by atoms with Crippen LogP contribution in [0.5, 0.6) is 0 Å². The topological polar surface area (TPSA) is 0 Å². The molecule has 2 unspecified atom stereocenters. The van der Waals surface area contributed by atoms with Gasteiger partial charge in [0.05, 0.1) is 0 Å². The van der Waals surface area contributed by atoms with Crippen molar-refractivity contribution >= 4 is 15.8 Å². The van der Waals surface area contributed by atoms with Gasteiger partial charge in [-0.1, -0.05) is 63.3 Å². The maximum atomic E-state index is 2.48. The highest BCUT2D eigenvalue weighted by molar-refractivity contribution is 7.63. The van der Waals surface area contributed by atoms with E-state index in [1.165, 1.54) is 12.3 Å². The maximum Gasteiger partial charge on any atom is -0.0177 e. The molecule has 0 saturated heterocycles. The van der Waals surface area contributed by atoms with Crippen LogP contribution in [0.15, 0.2) is 0 Å². The summed E-state index contributed by atoms with van der Waals surface area (Å²) in [7, 11) is 0.366. The SMILES string of the molecule is CC(C)P(CCP(C)C(C)(C)C)C(C)(C)C. The zero-order valence-corrected chi connectivity index (χ0v) is 14.7. The van der Waals surface area contributed by atoms with Gasteiger partial charge in [0.2, 0.25) is 0 Å². The Labute approximate surface area is 106 Å². The molecule has 0 saturated carbocycles. The Hall–Kier alpha value is 0.860. The molecule has 0 aliphatic rings. The van der Waals surface area contributed by atoms with E-state index >= 15 is 0 Å². The van der Waals surface area contributed by atoms with E-state index < -0.39 is 0 Å². The summed E-state index contributed by atoms with van der Waals surface area (Å²) in [5.41, 5.74) is 0.873. The Kier molecular flexibility index (Phi) is 6.48. The largest absolute Gasteiger partial charge is 0.104 e. The highest BCUT2D eigenvalue weighted by Crippen LogP contribution is 2.56. The summed E-state index contributed by atoms with van der Waals surface area (Å²) in [6.45, 7) is 21.8. The quantitative estimate of drug-likeness (QED) is 0.580. The molecule has 0 aliphatic carbocycles. The van der Waals surface area contributed by atoms with Crippen molar-refractivity contribution in [2.75, 3.05) is 19.0 Å². The van der Waals surface area contributed by atoms with Crippen LogP contribution in [-0.4, -0.2) is 35.0 Å². The first-order valence-electron chi connectivity index (χ1n) is 6.44. The van der Waals surface area contributed by atoms with Gasteiger partial charge >= 0.3 is 0 Å². The third-order valence-electron chi connectivity index (χ3n) is 3.31. The molecular formula is C14H32P2. The first-order chi connectivity index (χ1) is 6.96. The van der Waals surface area contributed by atoms with E-state index in [1.807, 2.05) is 0 Å². The van der Waals surface area contributed by atoms with Gasteiger partial charge in [0.25, 0.3) is 0 Å². The Morgan fingerprint density at radius 2 is 1.25 bits per heavy atom. The molecule has 0 nitrogen and oxygen atoms in total. The van der Waals surface area contributed by atoms with Gasteiger partial charge in [0, 0.05) is 0 Å². The van der Waals surface area contributed by atoms with Crippen LogP contribution < -0.4 is 0 Å². The van der Waals surface area contributed by atoms with Crippen molar-refractivity contribution in [3.63, 3.8) is 0 Å². The molecule has 2 heteroatoms. The van der Waals surface area contributed by atoms with Crippen LogP contribution in [0.2, 0.25) is 0 Å². The van der Waals surface area contributed by atoms with Crippen LogP contribution in [0, 0.1) is 0 Å². The lowest BCUT2D eigenvalue weighted by molar-refractivity contribution is 0.765. The van der Waals surface area contributed by atoms with Crippen molar-refractivity contribution in [3.05, 3.63) is 0 Å². The third-order valence-corrected chi connectivity index (χ3v) is 10.5. The summed E-state index contributed by atoms with van der Waals surface area (Å²) in [6, 6.07) is 0. The van der Waals surface area contributed by atoms with E-state index in [-0.39, 0.29) is 15.8 Å². The average Bonchev–Trinajstić information content (AvgIpc) is 1.98. The second kappa shape index (κ2) is 6.15. The molecule has 0 N–H and O–H groups in total. The Bertz CT molecular complexity index is 196. The zero-order valence-electron chi connectivity index (χ0n) is 12.9. The molecular weight excluding hydrogens is 230 g/mol. The van der Waals surface area contributed by atoms with E-state index in [1.54, 1.807) is 0 Å². The lowest BCUT2D eigenvalue weighted by atomic mass is 10.3. The van der Waals surface area contributed by atoms with E-state index in [0.717, 1.165) is 5.66 Å². The smallest absolute Gasteiger partial charge is 0.0177 e. The van der Waals surface area contributed by atoms with Crippen LogP contribution in [0.3, 0.4) is 0 Å². The molecule has 0 aromatic rings. The number of hydrogen-bond donors (Lipinski definition) is 0. The summed E-state index contributed by atoms with van der Waals surface area (Å²) in [4.78, 5) is 0. The molecule has 2 atom stereocenters. The fraction of sp³-hybridized carbons (Fsp3) is 1.00. The molecule has 98 valence electrons. The Morgan fingerprint density at radius 3 is 1.50 bits per heavy atom. The van der Waals surface area contributed by atoms with Crippen LogP contribution in [0.25, 0.3) is 0 Å². The minimum atomic E-state index is 0.176. The molecule has 16 heavy (non-hydrogen) atoms. The molecule has 0 aromatic heterocycles. The van der Waals surface area contributed by atoms with Crippen LogP contribution in [-0.2, 0) is 0 Å². The van der Waals surface area contributed by atoms with Gasteiger partial charge in [-0.15, -0.1) is 7.92 Å². The highest BCUT2D eigenvalue weighted by Gasteiger charge is 2.28. The zero-order chi connectivity index (χ0) is 13.1.